The average molecular weight is 295 g/mol. The van der Waals surface area contributed by atoms with Gasteiger partial charge in [-0.2, -0.15) is 0 Å². The lowest BCUT2D eigenvalue weighted by Crippen LogP contribution is -2.17. The number of ether oxygens (including phenoxy) is 3. The summed E-state index contributed by atoms with van der Waals surface area (Å²) in [6.45, 7) is 0. The maximum atomic E-state index is 11.5. The second kappa shape index (κ2) is 5.87. The molecule has 1 aromatic carbocycles. The zero-order valence-electron chi connectivity index (χ0n) is 11.2. The van der Waals surface area contributed by atoms with E-state index in [2.05, 4.69) is 5.32 Å². The molecular formula is C13H13NO5S. The lowest BCUT2D eigenvalue weighted by Gasteiger charge is -2.12. The molecule has 0 spiro atoms. The SMILES string of the molecule is COc1cc(/C=C2/SC(=O)NC2=O)cc(OC)c1OC. The zero-order chi connectivity index (χ0) is 14.7. The lowest BCUT2D eigenvalue weighted by molar-refractivity contribution is -0.115. The zero-order valence-corrected chi connectivity index (χ0v) is 12.0. The Labute approximate surface area is 120 Å². The van der Waals surface area contributed by atoms with E-state index in [0.29, 0.717) is 27.7 Å². The first-order valence-electron chi connectivity index (χ1n) is 5.64. The van der Waals surface area contributed by atoms with E-state index in [-0.39, 0.29) is 5.24 Å². The fourth-order valence-electron chi connectivity index (χ4n) is 1.76. The smallest absolute Gasteiger partial charge is 0.290 e. The Balaban J connectivity index is 2.45. The average Bonchev–Trinajstić information content (AvgIpc) is 2.75. The van der Waals surface area contributed by atoms with Gasteiger partial charge in [0.1, 0.15) is 0 Å². The van der Waals surface area contributed by atoms with Gasteiger partial charge in [-0.3, -0.25) is 14.9 Å². The number of carbonyl (C=O) groups is 2. The molecule has 0 radical (unpaired) electrons. The molecule has 6 nitrogen and oxygen atoms in total. The normalized spacial score (nSPS) is 16.2. The van der Waals surface area contributed by atoms with Gasteiger partial charge in [0.05, 0.1) is 26.2 Å². The predicted molar refractivity (Wildman–Crippen MR) is 75.2 cm³/mol. The number of thioether (sulfide) groups is 1. The summed E-state index contributed by atoms with van der Waals surface area (Å²) in [4.78, 5) is 23.0. The van der Waals surface area contributed by atoms with Crippen LogP contribution in [0.25, 0.3) is 6.08 Å². The Morgan fingerprint density at radius 1 is 1.05 bits per heavy atom. The third-order valence-corrected chi connectivity index (χ3v) is 3.44. The number of imide groups is 1. The monoisotopic (exact) mass is 295 g/mol. The number of nitrogens with one attached hydrogen (secondary N) is 1. The summed E-state index contributed by atoms with van der Waals surface area (Å²) in [6.07, 6.45) is 1.59. The molecule has 1 fully saturated rings. The first-order valence-corrected chi connectivity index (χ1v) is 6.45. The molecule has 7 heteroatoms. The molecule has 1 aliphatic heterocycles. The standard InChI is InChI=1S/C13H13NO5S/c1-17-8-4-7(5-9(18-2)11(8)19-3)6-10-12(15)14-13(16)20-10/h4-6H,1-3H3,(H,14,15,16)/b10-6+. The van der Waals surface area contributed by atoms with Crippen molar-refractivity contribution in [1.82, 2.24) is 5.32 Å². The lowest BCUT2D eigenvalue weighted by atomic mass is 10.1. The molecule has 1 heterocycles. The van der Waals surface area contributed by atoms with Crippen LogP contribution >= 0.6 is 11.8 Å². The van der Waals surface area contributed by atoms with E-state index >= 15 is 0 Å². The van der Waals surface area contributed by atoms with Crippen LogP contribution in [-0.4, -0.2) is 32.5 Å². The van der Waals surface area contributed by atoms with Crippen molar-refractivity contribution in [2.24, 2.45) is 0 Å². The second-order valence-electron chi connectivity index (χ2n) is 3.81. The highest BCUT2D eigenvalue weighted by Crippen LogP contribution is 2.39. The highest BCUT2D eigenvalue weighted by molar-refractivity contribution is 8.18. The summed E-state index contributed by atoms with van der Waals surface area (Å²) in [5.41, 5.74) is 0.673. The van der Waals surface area contributed by atoms with Crippen molar-refractivity contribution < 1.29 is 23.8 Å². The second-order valence-corrected chi connectivity index (χ2v) is 4.83. The molecule has 0 bridgehead atoms. The third-order valence-electron chi connectivity index (χ3n) is 2.63. The summed E-state index contributed by atoms with van der Waals surface area (Å²) in [5, 5.41) is 1.82. The van der Waals surface area contributed by atoms with Gasteiger partial charge in [0.25, 0.3) is 11.1 Å². The summed E-state index contributed by atoms with van der Waals surface area (Å²) in [6, 6.07) is 3.40. The Kier molecular flexibility index (Phi) is 4.19. The fourth-order valence-corrected chi connectivity index (χ4v) is 2.44. The molecule has 20 heavy (non-hydrogen) atoms. The summed E-state index contributed by atoms with van der Waals surface area (Å²) < 4.78 is 15.7. The van der Waals surface area contributed by atoms with Crippen molar-refractivity contribution in [3.63, 3.8) is 0 Å². The summed E-state index contributed by atoms with van der Waals surface area (Å²) in [5.74, 6) is 1.02. The first kappa shape index (κ1) is 14.3. The van der Waals surface area contributed by atoms with Crippen molar-refractivity contribution in [3.8, 4) is 17.2 Å². The number of benzene rings is 1. The van der Waals surface area contributed by atoms with Gasteiger partial charge in [0.2, 0.25) is 5.75 Å². The van der Waals surface area contributed by atoms with Gasteiger partial charge in [-0.15, -0.1) is 0 Å². The molecule has 1 N–H and O–H groups in total. The van der Waals surface area contributed by atoms with Crippen molar-refractivity contribution >= 4 is 29.0 Å². The van der Waals surface area contributed by atoms with Crippen LogP contribution < -0.4 is 19.5 Å². The van der Waals surface area contributed by atoms with E-state index in [1.165, 1.54) is 21.3 Å². The van der Waals surface area contributed by atoms with Crippen molar-refractivity contribution in [1.29, 1.82) is 0 Å². The maximum Gasteiger partial charge on any atom is 0.290 e. The Morgan fingerprint density at radius 2 is 1.65 bits per heavy atom. The maximum absolute atomic E-state index is 11.5. The Morgan fingerprint density at radius 3 is 2.05 bits per heavy atom. The highest BCUT2D eigenvalue weighted by Gasteiger charge is 2.25. The van der Waals surface area contributed by atoms with Gasteiger partial charge in [0, 0.05) is 0 Å². The van der Waals surface area contributed by atoms with E-state index in [4.69, 9.17) is 14.2 Å². The van der Waals surface area contributed by atoms with Gasteiger partial charge in [-0.1, -0.05) is 0 Å². The quantitative estimate of drug-likeness (QED) is 0.857. The Hall–Kier alpha value is -2.15. The van der Waals surface area contributed by atoms with E-state index < -0.39 is 5.91 Å². The number of hydrogen-bond acceptors (Lipinski definition) is 6. The van der Waals surface area contributed by atoms with Crippen molar-refractivity contribution in [3.05, 3.63) is 22.6 Å². The molecule has 0 saturated carbocycles. The molecule has 0 atom stereocenters. The van der Waals surface area contributed by atoms with E-state index in [1.54, 1.807) is 18.2 Å². The fraction of sp³-hybridized carbons (Fsp3) is 0.231. The van der Waals surface area contributed by atoms with Gasteiger partial charge in [-0.05, 0) is 35.5 Å². The molecule has 2 rings (SSSR count). The topological polar surface area (TPSA) is 73.9 Å². The number of carbonyl (C=O) groups excluding carboxylic acids is 2. The molecule has 0 unspecified atom stereocenters. The van der Waals surface area contributed by atoms with E-state index in [1.807, 2.05) is 0 Å². The summed E-state index contributed by atoms with van der Waals surface area (Å²) >= 11 is 0.854. The number of amides is 2. The van der Waals surface area contributed by atoms with Crippen LogP contribution in [0.5, 0.6) is 17.2 Å². The molecule has 1 aromatic rings. The molecule has 0 aromatic heterocycles. The molecule has 2 amide bonds. The van der Waals surface area contributed by atoms with Crippen molar-refractivity contribution in [2.75, 3.05) is 21.3 Å². The minimum Gasteiger partial charge on any atom is -0.493 e. The van der Waals surface area contributed by atoms with Crippen molar-refractivity contribution in [2.45, 2.75) is 0 Å². The summed E-state index contributed by atoms with van der Waals surface area (Å²) in [7, 11) is 4.53. The van der Waals surface area contributed by atoms with Crippen LogP contribution in [0.2, 0.25) is 0 Å². The van der Waals surface area contributed by atoms with Gasteiger partial charge < -0.3 is 14.2 Å². The number of methoxy groups -OCH3 is 3. The predicted octanol–water partition coefficient (Wildman–Crippen LogP) is 2.04. The van der Waals surface area contributed by atoms with E-state index in [0.717, 1.165) is 11.8 Å². The number of rotatable bonds is 4. The van der Waals surface area contributed by atoms with Crippen LogP contribution in [0, 0.1) is 0 Å². The number of hydrogen-bond donors (Lipinski definition) is 1. The molecule has 1 aliphatic rings. The minimum absolute atomic E-state index is 0.323. The van der Waals surface area contributed by atoms with Crippen LogP contribution in [0.1, 0.15) is 5.56 Å². The van der Waals surface area contributed by atoms with Gasteiger partial charge >= 0.3 is 0 Å². The van der Waals surface area contributed by atoms with Gasteiger partial charge in [0.15, 0.2) is 11.5 Å². The van der Waals surface area contributed by atoms with Gasteiger partial charge in [-0.25, -0.2) is 0 Å². The van der Waals surface area contributed by atoms with Crippen LogP contribution in [0.3, 0.4) is 0 Å². The molecule has 0 aliphatic carbocycles. The van der Waals surface area contributed by atoms with E-state index in [9.17, 15) is 9.59 Å². The van der Waals surface area contributed by atoms with Crippen LogP contribution in [-0.2, 0) is 4.79 Å². The molecule has 1 saturated heterocycles. The first-order chi connectivity index (χ1) is 9.58. The van der Waals surface area contributed by atoms with Crippen LogP contribution in [0.15, 0.2) is 17.0 Å². The highest BCUT2D eigenvalue weighted by atomic mass is 32.2. The minimum atomic E-state index is -0.409. The Bertz CT molecular complexity index is 571. The third kappa shape index (κ3) is 2.72. The largest absolute Gasteiger partial charge is 0.493 e. The molecular weight excluding hydrogens is 282 g/mol. The molecule has 106 valence electrons. The van der Waals surface area contributed by atoms with Crippen LogP contribution in [0.4, 0.5) is 4.79 Å².